The van der Waals surface area contributed by atoms with Crippen LogP contribution < -0.4 is 5.32 Å². The molecule has 1 atom stereocenters. The number of H-pyrrole nitrogens is 1. The Morgan fingerprint density at radius 3 is 2.89 bits per heavy atom. The molecule has 3 heteroatoms. The first-order valence-electron chi connectivity index (χ1n) is 6.67. The summed E-state index contributed by atoms with van der Waals surface area (Å²) in [5.74, 6) is 0.764. The van der Waals surface area contributed by atoms with Gasteiger partial charge in [-0.05, 0) is 43.0 Å². The van der Waals surface area contributed by atoms with Crippen molar-refractivity contribution >= 4 is 0 Å². The third-order valence-electron chi connectivity index (χ3n) is 3.70. The van der Waals surface area contributed by atoms with Crippen molar-refractivity contribution < 1.29 is 0 Å². The van der Waals surface area contributed by atoms with Crippen molar-refractivity contribution in [2.24, 2.45) is 5.92 Å². The van der Waals surface area contributed by atoms with Gasteiger partial charge in [0, 0.05) is 12.1 Å². The van der Waals surface area contributed by atoms with Crippen LogP contribution >= 0.6 is 0 Å². The fraction of sp³-hybridized carbons (Fsp3) is 0.400. The fourth-order valence-corrected chi connectivity index (χ4v) is 2.66. The van der Waals surface area contributed by atoms with Gasteiger partial charge in [-0.25, -0.2) is 0 Å². The maximum absolute atomic E-state index is 4.21. The maximum Gasteiger partial charge on any atom is 0.0525 e. The molecule has 1 aromatic heterocycles. The van der Waals surface area contributed by atoms with E-state index in [-0.39, 0.29) is 0 Å². The molecule has 1 aliphatic heterocycles. The molecule has 0 spiro atoms. The van der Waals surface area contributed by atoms with Gasteiger partial charge in [0.1, 0.15) is 0 Å². The van der Waals surface area contributed by atoms with Gasteiger partial charge in [-0.2, -0.15) is 5.10 Å². The van der Waals surface area contributed by atoms with Gasteiger partial charge in [-0.3, -0.25) is 5.10 Å². The van der Waals surface area contributed by atoms with Crippen molar-refractivity contribution in [1.82, 2.24) is 15.5 Å². The molecule has 2 heterocycles. The van der Waals surface area contributed by atoms with Crippen molar-refractivity contribution in [1.29, 1.82) is 0 Å². The van der Waals surface area contributed by atoms with E-state index in [1.165, 1.54) is 23.2 Å². The van der Waals surface area contributed by atoms with Crippen LogP contribution in [-0.2, 0) is 12.8 Å². The van der Waals surface area contributed by atoms with Crippen molar-refractivity contribution in [3.63, 3.8) is 0 Å². The van der Waals surface area contributed by atoms with E-state index in [1.807, 2.05) is 6.20 Å². The highest BCUT2D eigenvalue weighted by atomic mass is 15.1. The van der Waals surface area contributed by atoms with E-state index < -0.39 is 0 Å². The highest BCUT2D eigenvalue weighted by Crippen LogP contribution is 2.18. The Morgan fingerprint density at radius 2 is 2.11 bits per heavy atom. The molecular formula is C15H19N3. The van der Waals surface area contributed by atoms with Crippen LogP contribution in [-0.4, -0.2) is 23.3 Å². The van der Waals surface area contributed by atoms with Gasteiger partial charge < -0.3 is 5.32 Å². The van der Waals surface area contributed by atoms with Crippen molar-refractivity contribution in [2.45, 2.75) is 19.3 Å². The van der Waals surface area contributed by atoms with Crippen LogP contribution in [0.3, 0.4) is 0 Å². The number of rotatable bonds is 4. The van der Waals surface area contributed by atoms with Crippen LogP contribution in [0.4, 0.5) is 0 Å². The lowest BCUT2D eigenvalue weighted by molar-refractivity contribution is 0.568. The second kappa shape index (κ2) is 5.36. The Balaban J connectivity index is 1.71. The molecule has 0 saturated carbocycles. The van der Waals surface area contributed by atoms with E-state index in [1.54, 1.807) is 0 Å². The zero-order valence-electron chi connectivity index (χ0n) is 10.5. The smallest absolute Gasteiger partial charge is 0.0525 e. The molecule has 0 radical (unpaired) electrons. The molecule has 3 nitrogen and oxygen atoms in total. The lowest BCUT2D eigenvalue weighted by Gasteiger charge is -2.08. The molecule has 1 saturated heterocycles. The molecule has 18 heavy (non-hydrogen) atoms. The predicted molar refractivity (Wildman–Crippen MR) is 72.5 cm³/mol. The average Bonchev–Trinajstić information content (AvgIpc) is 3.04. The van der Waals surface area contributed by atoms with Gasteiger partial charge in [0.25, 0.3) is 0 Å². The third kappa shape index (κ3) is 2.62. The lowest BCUT2D eigenvalue weighted by Crippen LogP contribution is -2.11. The number of benzene rings is 1. The molecule has 0 aliphatic carbocycles. The quantitative estimate of drug-likeness (QED) is 0.861. The van der Waals surface area contributed by atoms with E-state index in [0.29, 0.717) is 0 Å². The predicted octanol–water partition coefficient (Wildman–Crippen LogP) is 2.15. The van der Waals surface area contributed by atoms with Gasteiger partial charge in [0.2, 0.25) is 0 Å². The van der Waals surface area contributed by atoms with E-state index >= 15 is 0 Å². The third-order valence-corrected chi connectivity index (χ3v) is 3.70. The average molecular weight is 241 g/mol. The molecule has 2 aromatic rings. The SMILES string of the molecule is c1ccc(Cc2cn[nH]c2CC2CCNC2)cc1. The second-order valence-corrected chi connectivity index (χ2v) is 5.10. The molecule has 0 bridgehead atoms. The minimum absolute atomic E-state index is 0.764. The molecule has 94 valence electrons. The minimum Gasteiger partial charge on any atom is -0.316 e. The summed E-state index contributed by atoms with van der Waals surface area (Å²) in [4.78, 5) is 0. The monoisotopic (exact) mass is 241 g/mol. The summed E-state index contributed by atoms with van der Waals surface area (Å²) in [5, 5.41) is 10.8. The number of nitrogens with zero attached hydrogens (tertiary/aromatic N) is 1. The Bertz CT molecular complexity index is 483. The van der Waals surface area contributed by atoms with Crippen molar-refractivity contribution in [2.75, 3.05) is 13.1 Å². The first-order valence-corrected chi connectivity index (χ1v) is 6.67. The van der Waals surface area contributed by atoms with Crippen LogP contribution in [0, 0.1) is 5.92 Å². The van der Waals surface area contributed by atoms with E-state index in [0.717, 1.165) is 31.8 Å². The summed E-state index contributed by atoms with van der Waals surface area (Å²) in [6.07, 6.45) is 5.36. The summed E-state index contributed by atoms with van der Waals surface area (Å²) in [7, 11) is 0. The molecule has 3 rings (SSSR count). The van der Waals surface area contributed by atoms with E-state index in [9.17, 15) is 0 Å². The van der Waals surface area contributed by atoms with Crippen LogP contribution in [0.5, 0.6) is 0 Å². The van der Waals surface area contributed by atoms with Crippen LogP contribution in [0.1, 0.15) is 23.2 Å². The van der Waals surface area contributed by atoms with Crippen LogP contribution in [0.15, 0.2) is 36.5 Å². The zero-order chi connectivity index (χ0) is 12.2. The Morgan fingerprint density at radius 1 is 1.22 bits per heavy atom. The summed E-state index contributed by atoms with van der Waals surface area (Å²) in [6, 6.07) is 10.6. The zero-order valence-corrected chi connectivity index (χ0v) is 10.5. The first-order chi connectivity index (χ1) is 8.92. The highest BCUT2D eigenvalue weighted by Gasteiger charge is 2.17. The van der Waals surface area contributed by atoms with Crippen LogP contribution in [0.25, 0.3) is 0 Å². The Kier molecular flexibility index (Phi) is 3.42. The van der Waals surface area contributed by atoms with E-state index in [4.69, 9.17) is 0 Å². The number of aromatic amines is 1. The molecular weight excluding hydrogens is 222 g/mol. The normalized spacial score (nSPS) is 19.2. The Hall–Kier alpha value is -1.61. The summed E-state index contributed by atoms with van der Waals surface area (Å²) < 4.78 is 0. The summed E-state index contributed by atoms with van der Waals surface area (Å²) in [6.45, 7) is 2.30. The number of aromatic nitrogens is 2. The number of hydrogen-bond acceptors (Lipinski definition) is 2. The lowest BCUT2D eigenvalue weighted by atomic mass is 9.98. The molecule has 1 unspecified atom stereocenters. The second-order valence-electron chi connectivity index (χ2n) is 5.10. The number of nitrogens with one attached hydrogen (secondary N) is 2. The molecule has 0 amide bonds. The highest BCUT2D eigenvalue weighted by molar-refractivity contribution is 5.27. The van der Waals surface area contributed by atoms with Crippen LogP contribution in [0.2, 0.25) is 0 Å². The molecule has 1 aromatic carbocycles. The number of hydrogen-bond donors (Lipinski definition) is 2. The molecule has 2 N–H and O–H groups in total. The van der Waals surface area contributed by atoms with Gasteiger partial charge in [-0.15, -0.1) is 0 Å². The van der Waals surface area contributed by atoms with E-state index in [2.05, 4.69) is 45.8 Å². The van der Waals surface area contributed by atoms with Crippen molar-refractivity contribution in [3.05, 3.63) is 53.3 Å². The van der Waals surface area contributed by atoms with Gasteiger partial charge in [-0.1, -0.05) is 30.3 Å². The van der Waals surface area contributed by atoms with Gasteiger partial charge in [0.15, 0.2) is 0 Å². The van der Waals surface area contributed by atoms with Gasteiger partial charge in [0.05, 0.1) is 6.20 Å². The molecule has 1 aliphatic rings. The largest absolute Gasteiger partial charge is 0.316 e. The summed E-state index contributed by atoms with van der Waals surface area (Å²) in [5.41, 5.74) is 4.00. The Labute approximate surface area is 108 Å². The van der Waals surface area contributed by atoms with Gasteiger partial charge >= 0.3 is 0 Å². The minimum atomic E-state index is 0.764. The molecule has 1 fully saturated rings. The fourth-order valence-electron chi connectivity index (χ4n) is 2.66. The topological polar surface area (TPSA) is 40.7 Å². The first kappa shape index (κ1) is 11.5. The standard InChI is InChI=1S/C15H19N3/c1-2-4-12(5-3-1)8-14-11-17-18-15(14)9-13-6-7-16-10-13/h1-5,11,13,16H,6-10H2,(H,17,18). The van der Waals surface area contributed by atoms with Crippen molar-refractivity contribution in [3.8, 4) is 0 Å². The summed E-state index contributed by atoms with van der Waals surface area (Å²) >= 11 is 0. The maximum atomic E-state index is 4.21.